The number of hydrogen-bond acceptors (Lipinski definition) is 1. The highest BCUT2D eigenvalue weighted by Crippen LogP contribution is 2.51. The molecular weight excluding hydrogens is 300 g/mol. The van der Waals surface area contributed by atoms with Crippen molar-refractivity contribution in [1.29, 1.82) is 0 Å². The highest BCUT2D eigenvalue weighted by atomic mass is 79.9. The zero-order valence-electron chi connectivity index (χ0n) is 11.5. The Balaban J connectivity index is 1.67. The van der Waals surface area contributed by atoms with Crippen molar-refractivity contribution >= 4 is 15.9 Å². The van der Waals surface area contributed by atoms with Crippen LogP contribution in [0.2, 0.25) is 0 Å². The molecule has 0 radical (unpaired) electrons. The average Bonchev–Trinajstić information content (AvgIpc) is 2.86. The molecule has 0 amide bonds. The van der Waals surface area contributed by atoms with Gasteiger partial charge in [0.15, 0.2) is 0 Å². The molecule has 1 spiro atoms. The van der Waals surface area contributed by atoms with E-state index in [0.29, 0.717) is 5.41 Å². The van der Waals surface area contributed by atoms with E-state index >= 15 is 0 Å². The lowest BCUT2D eigenvalue weighted by molar-refractivity contribution is -0.0323. The van der Waals surface area contributed by atoms with Gasteiger partial charge in [-0.05, 0) is 55.6 Å². The highest BCUT2D eigenvalue weighted by molar-refractivity contribution is 9.10. The Morgan fingerprint density at radius 2 is 1.58 bits per heavy atom. The fourth-order valence-corrected chi connectivity index (χ4v) is 4.47. The van der Waals surface area contributed by atoms with Crippen molar-refractivity contribution in [2.45, 2.75) is 63.4 Å². The minimum absolute atomic E-state index is 0.474. The summed E-state index contributed by atoms with van der Waals surface area (Å²) in [6.07, 6.45) is 10.8. The van der Waals surface area contributed by atoms with Gasteiger partial charge >= 0.3 is 0 Å². The molecule has 3 rings (SSSR count). The molecule has 2 heteroatoms. The lowest BCUT2D eigenvalue weighted by Crippen LogP contribution is -2.39. The maximum Gasteiger partial charge on any atom is 0.0688 e. The Kier molecular flexibility index (Phi) is 3.74. The first kappa shape index (κ1) is 13.6. The van der Waals surface area contributed by atoms with Crippen LogP contribution in [0, 0.1) is 5.41 Å². The molecular formula is C17H23BrO. The zero-order chi connectivity index (χ0) is 13.3. The summed E-state index contributed by atoms with van der Waals surface area (Å²) in [5.41, 5.74) is 1.37. The van der Waals surface area contributed by atoms with Crippen molar-refractivity contribution in [2.75, 3.05) is 0 Å². The minimum atomic E-state index is -0.474. The van der Waals surface area contributed by atoms with Crippen LogP contribution in [0.4, 0.5) is 0 Å². The largest absolute Gasteiger partial charge is 0.390 e. The van der Waals surface area contributed by atoms with E-state index < -0.39 is 5.60 Å². The Morgan fingerprint density at radius 3 is 2.21 bits per heavy atom. The summed E-state index contributed by atoms with van der Waals surface area (Å²) < 4.78 is 1.13. The zero-order valence-corrected chi connectivity index (χ0v) is 13.1. The molecule has 104 valence electrons. The summed E-state index contributed by atoms with van der Waals surface area (Å²) in [6, 6.07) is 8.29. The molecule has 0 bridgehead atoms. The average molecular weight is 323 g/mol. The molecule has 1 aromatic rings. The SMILES string of the molecule is OC1(Cc2ccccc2Br)CCC2(CCCC2)CC1. The van der Waals surface area contributed by atoms with E-state index in [-0.39, 0.29) is 0 Å². The van der Waals surface area contributed by atoms with Gasteiger partial charge in [-0.1, -0.05) is 47.0 Å². The van der Waals surface area contributed by atoms with Crippen LogP contribution in [0.3, 0.4) is 0 Å². The summed E-state index contributed by atoms with van der Waals surface area (Å²) >= 11 is 3.60. The van der Waals surface area contributed by atoms with E-state index in [0.717, 1.165) is 23.7 Å². The number of benzene rings is 1. The minimum Gasteiger partial charge on any atom is -0.390 e. The fourth-order valence-electron chi connectivity index (χ4n) is 4.04. The molecule has 19 heavy (non-hydrogen) atoms. The van der Waals surface area contributed by atoms with Crippen LogP contribution >= 0.6 is 15.9 Å². The van der Waals surface area contributed by atoms with E-state index in [9.17, 15) is 5.11 Å². The molecule has 2 aliphatic rings. The Bertz CT molecular complexity index is 438. The van der Waals surface area contributed by atoms with Crippen LogP contribution in [-0.4, -0.2) is 10.7 Å². The molecule has 2 fully saturated rings. The van der Waals surface area contributed by atoms with Gasteiger partial charge in [0, 0.05) is 10.9 Å². The molecule has 0 heterocycles. The van der Waals surface area contributed by atoms with Crippen LogP contribution in [0.5, 0.6) is 0 Å². The predicted molar refractivity (Wildman–Crippen MR) is 82.2 cm³/mol. The summed E-state index contributed by atoms with van der Waals surface area (Å²) in [7, 11) is 0. The van der Waals surface area contributed by atoms with Crippen molar-refractivity contribution in [3.05, 3.63) is 34.3 Å². The quantitative estimate of drug-likeness (QED) is 0.824. The van der Waals surface area contributed by atoms with Crippen LogP contribution < -0.4 is 0 Å². The molecule has 1 nitrogen and oxygen atoms in total. The maximum absolute atomic E-state index is 10.9. The second-order valence-corrected chi connectivity index (χ2v) is 7.55. The third-order valence-corrected chi connectivity index (χ3v) is 6.16. The summed E-state index contributed by atoms with van der Waals surface area (Å²) in [5.74, 6) is 0. The number of rotatable bonds is 2. The smallest absolute Gasteiger partial charge is 0.0688 e. The number of halogens is 1. The van der Waals surface area contributed by atoms with Gasteiger partial charge < -0.3 is 5.11 Å². The highest BCUT2D eigenvalue weighted by Gasteiger charge is 2.42. The van der Waals surface area contributed by atoms with Gasteiger partial charge in [0.25, 0.3) is 0 Å². The monoisotopic (exact) mass is 322 g/mol. The first-order chi connectivity index (χ1) is 9.11. The van der Waals surface area contributed by atoms with Gasteiger partial charge in [-0.2, -0.15) is 0 Å². The Morgan fingerprint density at radius 1 is 0.947 bits per heavy atom. The van der Waals surface area contributed by atoms with Crippen LogP contribution in [0.25, 0.3) is 0 Å². The molecule has 0 aliphatic heterocycles. The second-order valence-electron chi connectivity index (χ2n) is 6.70. The molecule has 2 saturated carbocycles. The van der Waals surface area contributed by atoms with Crippen molar-refractivity contribution in [3.63, 3.8) is 0 Å². The Hall–Kier alpha value is -0.340. The third-order valence-electron chi connectivity index (χ3n) is 5.38. The van der Waals surface area contributed by atoms with E-state index in [1.54, 1.807) is 0 Å². The lowest BCUT2D eigenvalue weighted by atomic mass is 9.66. The molecule has 0 aromatic heterocycles. The Labute approximate surface area is 124 Å². The normalized spacial score (nSPS) is 24.7. The van der Waals surface area contributed by atoms with E-state index in [2.05, 4.69) is 34.1 Å². The van der Waals surface area contributed by atoms with Gasteiger partial charge in [-0.25, -0.2) is 0 Å². The first-order valence-corrected chi connectivity index (χ1v) is 8.36. The van der Waals surface area contributed by atoms with Crippen molar-refractivity contribution < 1.29 is 5.11 Å². The molecule has 0 atom stereocenters. The predicted octanol–water partition coefficient (Wildman–Crippen LogP) is 4.86. The second kappa shape index (κ2) is 5.21. The van der Waals surface area contributed by atoms with Gasteiger partial charge in [0.2, 0.25) is 0 Å². The molecule has 1 N–H and O–H groups in total. The number of hydrogen-bond donors (Lipinski definition) is 1. The lowest BCUT2D eigenvalue weighted by Gasteiger charge is -2.42. The number of aliphatic hydroxyl groups is 1. The summed E-state index contributed by atoms with van der Waals surface area (Å²) in [5, 5.41) is 10.9. The first-order valence-electron chi connectivity index (χ1n) is 7.57. The molecule has 0 saturated heterocycles. The van der Waals surface area contributed by atoms with Crippen molar-refractivity contribution in [1.82, 2.24) is 0 Å². The maximum atomic E-state index is 10.9. The molecule has 0 unspecified atom stereocenters. The molecule has 1 aromatic carbocycles. The van der Waals surface area contributed by atoms with Gasteiger partial charge in [0.05, 0.1) is 5.60 Å². The molecule has 2 aliphatic carbocycles. The van der Waals surface area contributed by atoms with Crippen LogP contribution in [0.15, 0.2) is 28.7 Å². The van der Waals surface area contributed by atoms with Gasteiger partial charge in [0.1, 0.15) is 0 Å². The van der Waals surface area contributed by atoms with E-state index in [4.69, 9.17) is 0 Å². The topological polar surface area (TPSA) is 20.2 Å². The van der Waals surface area contributed by atoms with Gasteiger partial charge in [-0.15, -0.1) is 0 Å². The standard InChI is InChI=1S/C17H23BrO/c18-15-6-2-1-5-14(15)13-17(19)11-9-16(10-12-17)7-3-4-8-16/h1-2,5-6,19H,3-4,7-13H2. The van der Waals surface area contributed by atoms with Crippen LogP contribution in [-0.2, 0) is 6.42 Å². The van der Waals surface area contributed by atoms with Gasteiger partial charge in [-0.3, -0.25) is 0 Å². The fraction of sp³-hybridized carbons (Fsp3) is 0.647. The van der Waals surface area contributed by atoms with E-state index in [1.807, 2.05) is 6.07 Å². The van der Waals surface area contributed by atoms with Crippen molar-refractivity contribution in [3.8, 4) is 0 Å². The summed E-state index contributed by atoms with van der Waals surface area (Å²) in [4.78, 5) is 0. The van der Waals surface area contributed by atoms with E-state index in [1.165, 1.54) is 44.1 Å². The van der Waals surface area contributed by atoms with Crippen LogP contribution in [0.1, 0.15) is 56.9 Å². The van der Waals surface area contributed by atoms with Crippen molar-refractivity contribution in [2.24, 2.45) is 5.41 Å². The summed E-state index contributed by atoms with van der Waals surface area (Å²) in [6.45, 7) is 0. The third kappa shape index (κ3) is 2.90.